The minimum Gasteiger partial charge on any atom is -0.340 e. The van der Waals surface area contributed by atoms with Crippen molar-refractivity contribution in [3.63, 3.8) is 0 Å². The number of hydrogen-bond acceptors (Lipinski definition) is 5. The Morgan fingerprint density at radius 2 is 1.64 bits per heavy atom. The number of nitrogens with zero attached hydrogens (tertiary/aromatic N) is 5. The zero-order valence-corrected chi connectivity index (χ0v) is 18.7. The molecule has 1 amide bonds. The highest BCUT2D eigenvalue weighted by Crippen LogP contribution is 2.23. The van der Waals surface area contributed by atoms with Crippen molar-refractivity contribution in [2.24, 2.45) is 0 Å². The Hall–Kier alpha value is -3.71. The summed E-state index contributed by atoms with van der Waals surface area (Å²) in [5.74, 6) is 1.38. The molecule has 1 fully saturated rings. The third-order valence-electron chi connectivity index (χ3n) is 6.24. The quantitative estimate of drug-likeness (QED) is 0.453. The van der Waals surface area contributed by atoms with E-state index in [4.69, 9.17) is 4.52 Å². The van der Waals surface area contributed by atoms with Gasteiger partial charge in [0.25, 0.3) is 0 Å². The fraction of sp³-hybridized carbons (Fsp3) is 0.269. The standard InChI is InChI=1S/C26H27N5O2/c1-20(26-27-25(28-33-26)22-7-3-2-4-8-22)29-15-17-31(18-16-29)24(32)19-21-9-11-23(12-10-21)30-13-5-6-14-30/h2-14,20H,15-19H2,1H3. The maximum absolute atomic E-state index is 12.8. The zero-order chi connectivity index (χ0) is 22.6. The molecule has 3 heterocycles. The largest absolute Gasteiger partial charge is 0.340 e. The van der Waals surface area contributed by atoms with Crippen LogP contribution < -0.4 is 0 Å². The first-order valence-corrected chi connectivity index (χ1v) is 11.3. The van der Waals surface area contributed by atoms with Crippen LogP contribution in [0.1, 0.15) is 24.4 Å². The lowest BCUT2D eigenvalue weighted by atomic mass is 10.1. The first-order chi connectivity index (χ1) is 16.2. The van der Waals surface area contributed by atoms with Crippen LogP contribution in [0, 0.1) is 0 Å². The van der Waals surface area contributed by atoms with Gasteiger partial charge in [0.15, 0.2) is 0 Å². The molecule has 2 aromatic heterocycles. The third-order valence-corrected chi connectivity index (χ3v) is 6.24. The maximum atomic E-state index is 12.8. The van der Waals surface area contributed by atoms with Crippen LogP contribution in [-0.2, 0) is 11.2 Å². The Labute approximate surface area is 193 Å². The predicted octanol–water partition coefficient (Wildman–Crippen LogP) is 3.98. The van der Waals surface area contributed by atoms with E-state index >= 15 is 0 Å². The molecule has 4 aromatic rings. The van der Waals surface area contributed by atoms with Gasteiger partial charge in [-0.3, -0.25) is 9.69 Å². The Balaban J connectivity index is 1.14. The van der Waals surface area contributed by atoms with Gasteiger partial charge in [-0.2, -0.15) is 4.98 Å². The Morgan fingerprint density at radius 1 is 0.939 bits per heavy atom. The van der Waals surface area contributed by atoms with Gasteiger partial charge in [-0.15, -0.1) is 0 Å². The molecular formula is C26H27N5O2. The minimum absolute atomic E-state index is 0.00782. The second-order valence-corrected chi connectivity index (χ2v) is 8.35. The Kier molecular flexibility index (Phi) is 6.04. The van der Waals surface area contributed by atoms with E-state index < -0.39 is 0 Å². The number of carbonyl (C=O) groups excluding carboxylic acids is 1. The molecule has 7 heteroatoms. The van der Waals surface area contributed by atoms with Crippen LogP contribution >= 0.6 is 0 Å². The van der Waals surface area contributed by atoms with Gasteiger partial charge >= 0.3 is 0 Å². The summed E-state index contributed by atoms with van der Waals surface area (Å²) in [5, 5.41) is 4.14. The van der Waals surface area contributed by atoms with Crippen LogP contribution in [0.2, 0.25) is 0 Å². The molecular weight excluding hydrogens is 414 g/mol. The second kappa shape index (κ2) is 9.42. The normalized spacial score (nSPS) is 15.5. The van der Waals surface area contributed by atoms with Gasteiger partial charge in [-0.25, -0.2) is 0 Å². The van der Waals surface area contributed by atoms with Crippen LogP contribution in [-0.4, -0.2) is 56.6 Å². The van der Waals surface area contributed by atoms with Crippen LogP contribution in [0.15, 0.2) is 83.6 Å². The van der Waals surface area contributed by atoms with Gasteiger partial charge in [0.1, 0.15) is 0 Å². The molecule has 1 saturated heterocycles. The average molecular weight is 442 g/mol. The van der Waals surface area contributed by atoms with E-state index in [1.165, 1.54) is 0 Å². The average Bonchev–Trinajstić information content (AvgIpc) is 3.58. The molecule has 168 valence electrons. The van der Waals surface area contributed by atoms with Gasteiger partial charge in [0.05, 0.1) is 12.5 Å². The molecule has 2 aromatic carbocycles. The lowest BCUT2D eigenvalue weighted by Gasteiger charge is -2.36. The van der Waals surface area contributed by atoms with Crippen molar-refractivity contribution in [2.75, 3.05) is 26.2 Å². The number of hydrogen-bond donors (Lipinski definition) is 0. The minimum atomic E-state index is 0.00782. The smallest absolute Gasteiger partial charge is 0.244 e. The molecule has 0 radical (unpaired) electrons. The van der Waals surface area contributed by atoms with Crippen molar-refractivity contribution in [3.05, 3.63) is 90.6 Å². The maximum Gasteiger partial charge on any atom is 0.244 e. The lowest BCUT2D eigenvalue weighted by Crippen LogP contribution is -2.49. The summed E-state index contributed by atoms with van der Waals surface area (Å²) in [6.07, 6.45) is 4.44. The highest BCUT2D eigenvalue weighted by atomic mass is 16.5. The molecule has 1 aliphatic heterocycles. The summed E-state index contributed by atoms with van der Waals surface area (Å²) in [6.45, 7) is 5.03. The molecule has 5 rings (SSSR count). The van der Waals surface area contributed by atoms with E-state index in [1.807, 2.05) is 71.9 Å². The first kappa shape index (κ1) is 21.2. The highest BCUT2D eigenvalue weighted by Gasteiger charge is 2.27. The third kappa shape index (κ3) is 4.73. The number of rotatable bonds is 6. The van der Waals surface area contributed by atoms with Crippen LogP contribution in [0.3, 0.4) is 0 Å². The predicted molar refractivity (Wildman–Crippen MR) is 126 cm³/mol. The Morgan fingerprint density at radius 3 is 2.33 bits per heavy atom. The van der Waals surface area contributed by atoms with E-state index in [1.54, 1.807) is 0 Å². The fourth-order valence-corrected chi connectivity index (χ4v) is 4.20. The SMILES string of the molecule is CC(c1nc(-c2ccccc2)no1)N1CCN(C(=O)Cc2ccc(-n3cccc3)cc2)CC1. The molecule has 33 heavy (non-hydrogen) atoms. The number of aromatic nitrogens is 3. The molecule has 1 aliphatic rings. The Bertz CT molecular complexity index is 1180. The summed E-state index contributed by atoms with van der Waals surface area (Å²) in [6, 6.07) is 22.0. The zero-order valence-electron chi connectivity index (χ0n) is 18.7. The summed E-state index contributed by atoms with van der Waals surface area (Å²) in [5.41, 5.74) is 3.07. The van der Waals surface area contributed by atoms with Crippen LogP contribution in [0.5, 0.6) is 0 Å². The summed E-state index contributed by atoms with van der Waals surface area (Å²) in [7, 11) is 0. The van der Waals surface area contributed by atoms with Crippen molar-refractivity contribution in [1.82, 2.24) is 24.5 Å². The lowest BCUT2D eigenvalue weighted by molar-refractivity contribution is -0.132. The van der Waals surface area contributed by atoms with Crippen molar-refractivity contribution >= 4 is 5.91 Å². The van der Waals surface area contributed by atoms with Crippen molar-refractivity contribution in [1.29, 1.82) is 0 Å². The summed E-state index contributed by atoms with van der Waals surface area (Å²) < 4.78 is 7.59. The monoisotopic (exact) mass is 441 g/mol. The number of amides is 1. The van der Waals surface area contributed by atoms with Gasteiger partial charge in [0, 0.05) is 49.8 Å². The number of carbonyl (C=O) groups is 1. The van der Waals surface area contributed by atoms with Crippen LogP contribution in [0.4, 0.5) is 0 Å². The van der Waals surface area contributed by atoms with Gasteiger partial charge in [0.2, 0.25) is 17.6 Å². The number of benzene rings is 2. The molecule has 7 nitrogen and oxygen atoms in total. The first-order valence-electron chi connectivity index (χ1n) is 11.3. The van der Waals surface area contributed by atoms with E-state index in [9.17, 15) is 4.79 Å². The molecule has 1 atom stereocenters. The van der Waals surface area contributed by atoms with Crippen LogP contribution in [0.25, 0.3) is 17.1 Å². The second-order valence-electron chi connectivity index (χ2n) is 8.35. The molecule has 0 saturated carbocycles. The molecule has 0 spiro atoms. The highest BCUT2D eigenvalue weighted by molar-refractivity contribution is 5.79. The molecule has 1 unspecified atom stereocenters. The van der Waals surface area contributed by atoms with Crippen molar-refractivity contribution in [3.8, 4) is 17.1 Å². The van der Waals surface area contributed by atoms with E-state index in [2.05, 4.69) is 38.7 Å². The molecule has 0 aliphatic carbocycles. The molecule has 0 bridgehead atoms. The number of piperazine rings is 1. The summed E-state index contributed by atoms with van der Waals surface area (Å²) >= 11 is 0. The molecule has 0 N–H and O–H groups in total. The van der Waals surface area contributed by atoms with E-state index in [-0.39, 0.29) is 11.9 Å². The van der Waals surface area contributed by atoms with Crippen molar-refractivity contribution in [2.45, 2.75) is 19.4 Å². The van der Waals surface area contributed by atoms with Crippen molar-refractivity contribution < 1.29 is 9.32 Å². The van der Waals surface area contributed by atoms with Gasteiger partial charge in [-0.1, -0.05) is 47.6 Å². The van der Waals surface area contributed by atoms with E-state index in [0.717, 1.165) is 29.9 Å². The topological polar surface area (TPSA) is 67.4 Å². The van der Waals surface area contributed by atoms with E-state index in [0.29, 0.717) is 31.2 Å². The fourth-order valence-electron chi connectivity index (χ4n) is 4.20. The van der Waals surface area contributed by atoms with Gasteiger partial charge in [-0.05, 0) is 36.8 Å². The summed E-state index contributed by atoms with van der Waals surface area (Å²) in [4.78, 5) is 21.7. The van der Waals surface area contributed by atoms with Gasteiger partial charge < -0.3 is 14.0 Å².